The van der Waals surface area contributed by atoms with Gasteiger partial charge in [0.15, 0.2) is 0 Å². The molecule has 1 aromatic carbocycles. The summed E-state index contributed by atoms with van der Waals surface area (Å²) in [6.45, 7) is 3.47. The first-order valence-electron chi connectivity index (χ1n) is 10.5. The third-order valence-corrected chi connectivity index (χ3v) is 6.46. The van der Waals surface area contributed by atoms with Crippen LogP contribution in [0.25, 0.3) is 0 Å². The average molecular weight is 374 g/mol. The number of nitrogens with two attached hydrogens (primary N) is 1. The Morgan fingerprint density at radius 1 is 1.15 bits per heavy atom. The first kappa shape index (κ1) is 20.2. The molecule has 1 aromatic rings. The van der Waals surface area contributed by atoms with Gasteiger partial charge < -0.3 is 15.8 Å². The maximum absolute atomic E-state index is 12.7. The maximum atomic E-state index is 12.7. The van der Waals surface area contributed by atoms with E-state index in [9.17, 15) is 4.79 Å². The predicted octanol–water partition coefficient (Wildman–Crippen LogP) is 3.25. The van der Waals surface area contributed by atoms with E-state index in [1.807, 2.05) is 12.1 Å². The summed E-state index contributed by atoms with van der Waals surface area (Å²) < 4.78 is 5.29. The lowest BCUT2D eigenvalue weighted by Crippen LogP contribution is -2.41. The van der Waals surface area contributed by atoms with Crippen molar-refractivity contribution in [3.63, 3.8) is 0 Å². The van der Waals surface area contributed by atoms with Gasteiger partial charge >= 0.3 is 0 Å². The highest BCUT2D eigenvalue weighted by Crippen LogP contribution is 2.38. The molecule has 3 rings (SSSR count). The first-order chi connectivity index (χ1) is 13.2. The molecule has 0 radical (unpaired) electrons. The summed E-state index contributed by atoms with van der Waals surface area (Å²) in [7, 11) is 1.69. The minimum absolute atomic E-state index is 0.0194. The van der Waals surface area contributed by atoms with E-state index in [2.05, 4.69) is 22.3 Å². The van der Waals surface area contributed by atoms with Gasteiger partial charge in [0.1, 0.15) is 5.75 Å². The van der Waals surface area contributed by atoms with Crippen LogP contribution in [0.5, 0.6) is 5.75 Å². The van der Waals surface area contributed by atoms with E-state index in [0.717, 1.165) is 31.7 Å². The van der Waals surface area contributed by atoms with Crippen molar-refractivity contribution < 1.29 is 9.53 Å². The van der Waals surface area contributed by atoms with E-state index in [1.165, 1.54) is 37.7 Å². The normalized spacial score (nSPS) is 21.0. The van der Waals surface area contributed by atoms with Crippen molar-refractivity contribution in [2.75, 3.05) is 33.3 Å². The quantitative estimate of drug-likeness (QED) is 0.734. The average Bonchev–Trinajstić information content (AvgIpc) is 3.24. The van der Waals surface area contributed by atoms with Crippen LogP contribution in [0.3, 0.4) is 0 Å². The van der Waals surface area contributed by atoms with Gasteiger partial charge in [0.2, 0.25) is 5.91 Å². The SMILES string of the molecule is COc1ccc(C(CNC(=O)CC2(CN)CCCCC2)N2CCCC2)cc1. The maximum Gasteiger partial charge on any atom is 0.220 e. The Balaban J connectivity index is 1.62. The molecular weight excluding hydrogens is 338 g/mol. The summed E-state index contributed by atoms with van der Waals surface area (Å²) in [4.78, 5) is 15.2. The van der Waals surface area contributed by atoms with Crippen LogP contribution < -0.4 is 15.8 Å². The van der Waals surface area contributed by atoms with Gasteiger partial charge in [-0.1, -0.05) is 31.4 Å². The number of carbonyl (C=O) groups is 1. The smallest absolute Gasteiger partial charge is 0.220 e. The number of rotatable bonds is 8. The summed E-state index contributed by atoms with van der Waals surface area (Å²) in [5, 5.41) is 3.23. The van der Waals surface area contributed by atoms with Gasteiger partial charge in [-0.15, -0.1) is 0 Å². The number of nitrogens with zero attached hydrogens (tertiary/aromatic N) is 1. The molecule has 1 aliphatic carbocycles. The molecule has 150 valence electrons. The van der Waals surface area contributed by atoms with Crippen LogP contribution in [0.4, 0.5) is 0 Å². The van der Waals surface area contributed by atoms with Gasteiger partial charge in [-0.05, 0) is 68.4 Å². The number of hydrogen-bond acceptors (Lipinski definition) is 4. The molecule has 3 N–H and O–H groups in total. The molecule has 1 saturated carbocycles. The largest absolute Gasteiger partial charge is 0.497 e. The molecule has 0 bridgehead atoms. The van der Waals surface area contributed by atoms with E-state index in [0.29, 0.717) is 19.5 Å². The monoisotopic (exact) mass is 373 g/mol. The fourth-order valence-electron chi connectivity index (χ4n) is 4.71. The van der Waals surface area contributed by atoms with Crippen LogP contribution in [0.15, 0.2) is 24.3 Å². The molecule has 1 unspecified atom stereocenters. The highest BCUT2D eigenvalue weighted by Gasteiger charge is 2.33. The Morgan fingerprint density at radius 3 is 2.41 bits per heavy atom. The molecule has 5 nitrogen and oxygen atoms in total. The van der Waals surface area contributed by atoms with Gasteiger partial charge in [0.25, 0.3) is 0 Å². The highest BCUT2D eigenvalue weighted by molar-refractivity contribution is 5.76. The highest BCUT2D eigenvalue weighted by atomic mass is 16.5. The van der Waals surface area contributed by atoms with Crippen LogP contribution in [0, 0.1) is 5.41 Å². The summed E-state index contributed by atoms with van der Waals surface area (Å²) in [5.41, 5.74) is 7.32. The van der Waals surface area contributed by atoms with Gasteiger partial charge in [-0.2, -0.15) is 0 Å². The number of ether oxygens (including phenoxy) is 1. The lowest BCUT2D eigenvalue weighted by atomic mass is 9.71. The molecule has 1 aliphatic heterocycles. The molecule has 1 amide bonds. The minimum Gasteiger partial charge on any atom is -0.497 e. The Labute approximate surface area is 163 Å². The molecule has 27 heavy (non-hydrogen) atoms. The zero-order valence-electron chi connectivity index (χ0n) is 16.7. The molecule has 2 aliphatic rings. The molecule has 0 aromatic heterocycles. The lowest BCUT2D eigenvalue weighted by Gasteiger charge is -2.36. The Bertz CT molecular complexity index is 590. The molecule has 1 heterocycles. The van der Waals surface area contributed by atoms with E-state index < -0.39 is 0 Å². The standard InChI is InChI=1S/C22H35N3O2/c1-27-19-9-7-18(8-10-19)20(25-13-5-6-14-25)16-24-21(26)15-22(17-23)11-3-2-4-12-22/h7-10,20H,2-6,11-17,23H2,1H3,(H,24,26). The number of amides is 1. The molecule has 0 spiro atoms. The van der Waals surface area contributed by atoms with Crippen LogP contribution in [0.2, 0.25) is 0 Å². The van der Waals surface area contributed by atoms with Crippen molar-refractivity contribution in [1.82, 2.24) is 10.2 Å². The summed E-state index contributed by atoms with van der Waals surface area (Å²) in [5.74, 6) is 1.02. The molecule has 5 heteroatoms. The predicted molar refractivity (Wildman–Crippen MR) is 109 cm³/mol. The van der Waals surface area contributed by atoms with Crippen molar-refractivity contribution in [3.8, 4) is 5.75 Å². The lowest BCUT2D eigenvalue weighted by molar-refractivity contribution is -0.124. The second-order valence-corrected chi connectivity index (χ2v) is 8.28. The van der Waals surface area contributed by atoms with E-state index in [-0.39, 0.29) is 17.4 Å². The third-order valence-electron chi connectivity index (χ3n) is 6.46. The summed E-state index contributed by atoms with van der Waals surface area (Å²) in [6, 6.07) is 8.48. The second-order valence-electron chi connectivity index (χ2n) is 8.28. The van der Waals surface area contributed by atoms with Crippen molar-refractivity contribution in [2.45, 2.75) is 57.4 Å². The number of hydrogen-bond donors (Lipinski definition) is 2. The third kappa shape index (κ3) is 5.23. The van der Waals surface area contributed by atoms with Crippen molar-refractivity contribution in [1.29, 1.82) is 0 Å². The van der Waals surface area contributed by atoms with E-state index >= 15 is 0 Å². The summed E-state index contributed by atoms with van der Waals surface area (Å²) >= 11 is 0. The number of methoxy groups -OCH3 is 1. The first-order valence-corrected chi connectivity index (χ1v) is 10.5. The van der Waals surface area contributed by atoms with E-state index in [1.54, 1.807) is 7.11 Å². The summed E-state index contributed by atoms with van der Waals surface area (Å²) in [6.07, 6.45) is 8.89. The van der Waals surface area contributed by atoms with Crippen LogP contribution >= 0.6 is 0 Å². The van der Waals surface area contributed by atoms with E-state index in [4.69, 9.17) is 10.5 Å². The Hall–Kier alpha value is -1.59. The number of benzene rings is 1. The van der Waals surface area contributed by atoms with Crippen LogP contribution in [-0.4, -0.2) is 44.1 Å². The fraction of sp³-hybridized carbons (Fsp3) is 0.682. The van der Waals surface area contributed by atoms with Crippen molar-refractivity contribution >= 4 is 5.91 Å². The molecule has 1 saturated heterocycles. The molecule has 2 fully saturated rings. The van der Waals surface area contributed by atoms with Crippen LogP contribution in [-0.2, 0) is 4.79 Å². The van der Waals surface area contributed by atoms with Gasteiger partial charge in [-0.3, -0.25) is 9.69 Å². The van der Waals surface area contributed by atoms with Gasteiger partial charge in [0.05, 0.1) is 13.2 Å². The van der Waals surface area contributed by atoms with Crippen molar-refractivity contribution in [3.05, 3.63) is 29.8 Å². The van der Waals surface area contributed by atoms with Crippen molar-refractivity contribution in [2.24, 2.45) is 11.1 Å². The van der Waals surface area contributed by atoms with Gasteiger partial charge in [0, 0.05) is 13.0 Å². The van der Waals surface area contributed by atoms with Crippen LogP contribution in [0.1, 0.15) is 63.0 Å². The zero-order valence-corrected chi connectivity index (χ0v) is 16.7. The fourth-order valence-corrected chi connectivity index (χ4v) is 4.71. The molecular formula is C22H35N3O2. The minimum atomic E-state index is 0.0194. The zero-order chi connectivity index (χ0) is 19.1. The number of nitrogens with one attached hydrogen (secondary N) is 1. The topological polar surface area (TPSA) is 67.6 Å². The van der Waals surface area contributed by atoms with Gasteiger partial charge in [-0.25, -0.2) is 0 Å². The Kier molecular flexibility index (Phi) is 7.13. The number of carbonyl (C=O) groups excluding carboxylic acids is 1. The second kappa shape index (κ2) is 9.56. The Morgan fingerprint density at radius 2 is 1.81 bits per heavy atom. The molecule has 1 atom stereocenters. The number of likely N-dealkylation sites (tertiary alicyclic amines) is 1.